The minimum Gasteiger partial charge on any atom is -0.449 e. The molecule has 29 heavy (non-hydrogen) atoms. The average molecular weight is 402 g/mol. The van der Waals surface area contributed by atoms with Gasteiger partial charge in [0, 0.05) is 12.7 Å². The van der Waals surface area contributed by atoms with Crippen molar-refractivity contribution in [1.29, 1.82) is 0 Å². The first-order valence-corrected chi connectivity index (χ1v) is 9.60. The van der Waals surface area contributed by atoms with Gasteiger partial charge >= 0.3 is 12.2 Å². The molecule has 0 saturated carbocycles. The highest BCUT2D eigenvalue weighted by molar-refractivity contribution is 5.90. The van der Waals surface area contributed by atoms with E-state index < -0.39 is 23.8 Å². The summed E-state index contributed by atoms with van der Waals surface area (Å²) in [6.45, 7) is 7.92. The van der Waals surface area contributed by atoms with Gasteiger partial charge in [-0.1, -0.05) is 0 Å². The van der Waals surface area contributed by atoms with Crippen LogP contribution in [0, 0.1) is 0 Å². The molecular formula is C20H26N4O5. The first-order chi connectivity index (χ1) is 13.7. The molecule has 1 saturated heterocycles. The number of carbonyl (C=O) groups excluding carboxylic acids is 3. The van der Waals surface area contributed by atoms with E-state index in [0.29, 0.717) is 29.7 Å². The maximum absolute atomic E-state index is 12.7. The Labute approximate surface area is 169 Å². The summed E-state index contributed by atoms with van der Waals surface area (Å²) in [7, 11) is 0. The summed E-state index contributed by atoms with van der Waals surface area (Å²) in [4.78, 5) is 43.1. The van der Waals surface area contributed by atoms with E-state index in [9.17, 15) is 14.4 Å². The molecule has 3 heterocycles. The number of amides is 2. The summed E-state index contributed by atoms with van der Waals surface area (Å²) in [5, 5.41) is 2.62. The van der Waals surface area contributed by atoms with Crippen molar-refractivity contribution in [2.24, 2.45) is 0 Å². The highest BCUT2D eigenvalue weighted by Crippen LogP contribution is 2.22. The van der Waals surface area contributed by atoms with Crippen LogP contribution in [-0.2, 0) is 20.8 Å². The van der Waals surface area contributed by atoms with Gasteiger partial charge in [0.25, 0.3) is 0 Å². The average Bonchev–Trinajstić information content (AvgIpc) is 3.15. The monoisotopic (exact) mass is 402 g/mol. The summed E-state index contributed by atoms with van der Waals surface area (Å²) >= 11 is 0. The highest BCUT2D eigenvalue weighted by Gasteiger charge is 2.34. The number of carbonyl (C=O) groups is 3. The molecule has 2 aromatic rings. The number of nitrogens with one attached hydrogen (secondary N) is 1. The lowest BCUT2D eigenvalue weighted by atomic mass is 10.2. The smallest absolute Gasteiger partial charge is 0.418 e. The molecule has 0 unspecified atom stereocenters. The topological polar surface area (TPSA) is 103 Å². The normalized spacial score (nSPS) is 16.9. The quantitative estimate of drug-likeness (QED) is 0.843. The van der Waals surface area contributed by atoms with Gasteiger partial charge in [0.15, 0.2) is 0 Å². The minimum absolute atomic E-state index is 0.209. The van der Waals surface area contributed by atoms with Crippen molar-refractivity contribution >= 4 is 29.1 Å². The van der Waals surface area contributed by atoms with Crippen LogP contribution in [0.1, 0.15) is 39.8 Å². The van der Waals surface area contributed by atoms with Crippen molar-refractivity contribution in [3.8, 4) is 0 Å². The Kier molecular flexibility index (Phi) is 5.76. The molecule has 0 aliphatic carbocycles. The molecule has 2 amide bonds. The highest BCUT2D eigenvalue weighted by atomic mass is 16.6. The number of hydrogen-bond donors (Lipinski definition) is 1. The van der Waals surface area contributed by atoms with Gasteiger partial charge in [0.1, 0.15) is 11.6 Å². The van der Waals surface area contributed by atoms with Crippen LogP contribution in [0.5, 0.6) is 0 Å². The molecule has 2 aromatic heterocycles. The molecule has 1 aliphatic heterocycles. The third kappa shape index (κ3) is 4.67. The Bertz CT molecular complexity index is 931. The van der Waals surface area contributed by atoms with E-state index in [4.69, 9.17) is 9.47 Å². The number of nitrogens with zero attached hydrogens (tertiary/aromatic N) is 3. The second kappa shape index (κ2) is 8.10. The molecule has 1 aliphatic rings. The third-order valence-electron chi connectivity index (χ3n) is 4.44. The molecular weight excluding hydrogens is 376 g/mol. The predicted molar refractivity (Wildman–Crippen MR) is 105 cm³/mol. The van der Waals surface area contributed by atoms with Crippen molar-refractivity contribution < 1.29 is 23.9 Å². The number of likely N-dealkylation sites (tertiary alicyclic amines) is 1. The Hall–Kier alpha value is -3.10. The largest absolute Gasteiger partial charge is 0.449 e. The molecule has 0 spiro atoms. The summed E-state index contributed by atoms with van der Waals surface area (Å²) in [5.41, 5.74) is 1.23. The molecule has 1 N–H and O–H groups in total. The van der Waals surface area contributed by atoms with Gasteiger partial charge in [0.2, 0.25) is 5.91 Å². The molecule has 0 radical (unpaired) electrons. The lowest BCUT2D eigenvalue weighted by Gasteiger charge is -2.22. The number of ether oxygens (including phenoxy) is 2. The first kappa shape index (κ1) is 20.6. The number of hydrogen-bond acceptors (Lipinski definition) is 6. The van der Waals surface area contributed by atoms with Gasteiger partial charge in [-0.25, -0.2) is 14.2 Å². The van der Waals surface area contributed by atoms with E-state index in [1.54, 1.807) is 57.0 Å². The van der Waals surface area contributed by atoms with Gasteiger partial charge < -0.3 is 19.7 Å². The van der Waals surface area contributed by atoms with Crippen LogP contribution in [-0.4, -0.2) is 57.3 Å². The second-order valence-electron chi connectivity index (χ2n) is 7.83. The van der Waals surface area contributed by atoms with Gasteiger partial charge in [-0.2, -0.15) is 0 Å². The maximum atomic E-state index is 12.7. The van der Waals surface area contributed by atoms with Crippen molar-refractivity contribution in [1.82, 2.24) is 19.8 Å². The molecule has 9 nitrogen and oxygen atoms in total. The van der Waals surface area contributed by atoms with Crippen LogP contribution in [0.15, 0.2) is 24.4 Å². The summed E-state index contributed by atoms with van der Waals surface area (Å²) in [6, 6.07) is 4.64. The van der Waals surface area contributed by atoms with Gasteiger partial charge in [-0.3, -0.25) is 9.78 Å². The SMILES string of the molecule is CCOC(=O)n1c(CN2CC[C@H](NC(=O)OC(C)(C)C)C2=O)cc2ncccc21. The maximum Gasteiger partial charge on any atom is 0.418 e. The van der Waals surface area contributed by atoms with Gasteiger partial charge in [-0.05, 0) is 52.3 Å². The molecule has 3 rings (SSSR count). The number of fused-ring (bicyclic) bond motifs is 1. The molecule has 1 fully saturated rings. The zero-order chi connectivity index (χ0) is 21.2. The zero-order valence-electron chi connectivity index (χ0n) is 17.1. The molecule has 0 aromatic carbocycles. The predicted octanol–water partition coefficient (Wildman–Crippen LogP) is 2.67. The van der Waals surface area contributed by atoms with E-state index in [1.807, 2.05) is 0 Å². The Morgan fingerprint density at radius 3 is 2.79 bits per heavy atom. The number of rotatable bonds is 4. The Balaban J connectivity index is 1.76. The van der Waals surface area contributed by atoms with Crippen LogP contribution in [0.4, 0.5) is 9.59 Å². The van der Waals surface area contributed by atoms with E-state index in [0.717, 1.165) is 0 Å². The first-order valence-electron chi connectivity index (χ1n) is 9.60. The van der Waals surface area contributed by atoms with E-state index in [-0.39, 0.29) is 19.1 Å². The van der Waals surface area contributed by atoms with Crippen LogP contribution >= 0.6 is 0 Å². The van der Waals surface area contributed by atoms with Crippen molar-refractivity contribution in [3.05, 3.63) is 30.1 Å². The fraction of sp³-hybridized carbons (Fsp3) is 0.500. The van der Waals surface area contributed by atoms with Crippen LogP contribution < -0.4 is 5.32 Å². The van der Waals surface area contributed by atoms with E-state index >= 15 is 0 Å². The summed E-state index contributed by atoms with van der Waals surface area (Å²) in [5.74, 6) is -0.218. The molecule has 9 heteroatoms. The fourth-order valence-electron chi connectivity index (χ4n) is 3.28. The van der Waals surface area contributed by atoms with Crippen LogP contribution in [0.25, 0.3) is 11.0 Å². The Morgan fingerprint density at radius 1 is 1.34 bits per heavy atom. The molecule has 0 bridgehead atoms. The van der Waals surface area contributed by atoms with Gasteiger partial charge in [-0.15, -0.1) is 0 Å². The van der Waals surface area contributed by atoms with Gasteiger partial charge in [0.05, 0.1) is 29.9 Å². The third-order valence-corrected chi connectivity index (χ3v) is 4.44. The fourth-order valence-corrected chi connectivity index (χ4v) is 3.28. The minimum atomic E-state index is -0.650. The Morgan fingerprint density at radius 2 is 2.10 bits per heavy atom. The van der Waals surface area contributed by atoms with Crippen LogP contribution in [0.2, 0.25) is 0 Å². The van der Waals surface area contributed by atoms with Crippen LogP contribution in [0.3, 0.4) is 0 Å². The van der Waals surface area contributed by atoms with E-state index in [2.05, 4.69) is 10.3 Å². The van der Waals surface area contributed by atoms with Crippen molar-refractivity contribution in [2.45, 2.75) is 52.3 Å². The zero-order valence-corrected chi connectivity index (χ0v) is 17.1. The number of aromatic nitrogens is 2. The molecule has 156 valence electrons. The molecule has 1 atom stereocenters. The lowest BCUT2D eigenvalue weighted by Crippen LogP contribution is -2.43. The standard InChI is InChI=1S/C20H26N4O5/c1-5-28-19(27)24-13(11-15-16(24)7-6-9-21-15)12-23-10-8-14(17(23)25)22-18(26)29-20(2,3)4/h6-7,9,11,14H,5,8,10,12H2,1-4H3,(H,22,26)/t14-/m0/s1. The van der Waals surface area contributed by atoms with Crippen molar-refractivity contribution in [2.75, 3.05) is 13.2 Å². The number of pyridine rings is 1. The second-order valence-corrected chi connectivity index (χ2v) is 7.83. The van der Waals surface area contributed by atoms with Crippen molar-refractivity contribution in [3.63, 3.8) is 0 Å². The lowest BCUT2D eigenvalue weighted by molar-refractivity contribution is -0.130. The number of alkyl carbamates (subject to hydrolysis) is 1. The summed E-state index contributed by atoms with van der Waals surface area (Å²) in [6.07, 6.45) is 0.974. The summed E-state index contributed by atoms with van der Waals surface area (Å²) < 4.78 is 11.8. The van der Waals surface area contributed by atoms with E-state index in [1.165, 1.54) is 4.57 Å².